The number of anilines is 1. The van der Waals surface area contributed by atoms with Crippen LogP contribution in [-0.4, -0.2) is 29.1 Å². The molecule has 0 amide bonds. The highest BCUT2D eigenvalue weighted by Gasteiger charge is 2.40. The van der Waals surface area contributed by atoms with E-state index in [1.165, 1.54) is 12.8 Å². The van der Waals surface area contributed by atoms with Gasteiger partial charge in [-0.05, 0) is 42.9 Å². The van der Waals surface area contributed by atoms with Crippen molar-refractivity contribution in [3.63, 3.8) is 0 Å². The number of aromatic nitrogens is 1. The molecule has 2 aliphatic rings. The highest BCUT2D eigenvalue weighted by atomic mass is 32.1. The van der Waals surface area contributed by atoms with E-state index in [1.54, 1.807) is 23.5 Å². The molecule has 98 valence electrons. The molecule has 4 rings (SSSR count). The number of nitrogens with zero attached hydrogens (tertiary/aromatic N) is 2. The minimum absolute atomic E-state index is 0.337. The molecule has 1 aromatic heterocycles. The molecule has 1 aliphatic heterocycles. The summed E-state index contributed by atoms with van der Waals surface area (Å²) in [5, 5.41) is 10.1. The fourth-order valence-electron chi connectivity index (χ4n) is 3.10. The summed E-state index contributed by atoms with van der Waals surface area (Å²) in [6.45, 7) is 2.24. The second-order valence-electron chi connectivity index (χ2n) is 5.49. The topological polar surface area (TPSA) is 53.4 Å². The predicted molar refractivity (Wildman–Crippen MR) is 75.0 cm³/mol. The maximum atomic E-state index is 11.0. The Balaban J connectivity index is 1.69. The van der Waals surface area contributed by atoms with Gasteiger partial charge in [-0.1, -0.05) is 11.3 Å². The first-order valence-corrected chi connectivity index (χ1v) is 7.41. The molecule has 0 radical (unpaired) electrons. The number of carbonyl (C=O) groups is 1. The number of hydrogen-bond donors (Lipinski definition) is 1. The number of carboxylic acid groups (broad SMARTS) is 1. The van der Waals surface area contributed by atoms with Crippen LogP contribution in [0.5, 0.6) is 0 Å². The Morgan fingerprint density at radius 2 is 2.05 bits per heavy atom. The van der Waals surface area contributed by atoms with E-state index in [9.17, 15) is 4.79 Å². The number of aromatic carboxylic acids is 1. The summed E-state index contributed by atoms with van der Waals surface area (Å²) in [6, 6.07) is 5.16. The van der Waals surface area contributed by atoms with Crippen molar-refractivity contribution in [2.75, 3.05) is 18.0 Å². The molecule has 1 N–H and O–H groups in total. The lowest BCUT2D eigenvalue weighted by Crippen LogP contribution is -2.22. The monoisotopic (exact) mass is 274 g/mol. The van der Waals surface area contributed by atoms with Gasteiger partial charge in [-0.15, -0.1) is 0 Å². The van der Waals surface area contributed by atoms with Gasteiger partial charge in [0.25, 0.3) is 0 Å². The van der Waals surface area contributed by atoms with Gasteiger partial charge in [-0.2, -0.15) is 0 Å². The van der Waals surface area contributed by atoms with Crippen molar-refractivity contribution in [3.05, 3.63) is 23.8 Å². The highest BCUT2D eigenvalue weighted by molar-refractivity contribution is 7.22. The van der Waals surface area contributed by atoms with E-state index >= 15 is 0 Å². The third-order valence-electron chi connectivity index (χ3n) is 4.38. The predicted octanol–water partition coefficient (Wildman–Crippen LogP) is 2.84. The van der Waals surface area contributed by atoms with Crippen molar-refractivity contribution in [1.82, 2.24) is 4.98 Å². The Bertz CT molecular complexity index is 655. The quantitative estimate of drug-likeness (QED) is 0.915. The Labute approximate surface area is 114 Å². The molecule has 5 heteroatoms. The van der Waals surface area contributed by atoms with Gasteiger partial charge in [0.1, 0.15) is 0 Å². The molecular weight excluding hydrogens is 260 g/mol. The van der Waals surface area contributed by atoms with Crippen LogP contribution >= 0.6 is 11.3 Å². The first kappa shape index (κ1) is 11.2. The molecule has 0 bridgehead atoms. The minimum atomic E-state index is -0.879. The van der Waals surface area contributed by atoms with Crippen molar-refractivity contribution in [2.45, 2.75) is 12.8 Å². The third kappa shape index (κ3) is 1.72. The van der Waals surface area contributed by atoms with Crippen LogP contribution in [0.4, 0.5) is 5.13 Å². The summed E-state index contributed by atoms with van der Waals surface area (Å²) in [5.41, 5.74) is 1.24. The number of fused-ring (bicyclic) bond motifs is 2. The van der Waals surface area contributed by atoms with Crippen molar-refractivity contribution in [1.29, 1.82) is 0 Å². The van der Waals surface area contributed by atoms with E-state index < -0.39 is 5.97 Å². The SMILES string of the molecule is O=C(O)c1ccc2nc(N3CC4CCC4C3)sc2c1. The maximum Gasteiger partial charge on any atom is 0.335 e. The van der Waals surface area contributed by atoms with E-state index in [0.717, 1.165) is 40.3 Å². The van der Waals surface area contributed by atoms with Crippen LogP contribution in [0, 0.1) is 11.8 Å². The summed E-state index contributed by atoms with van der Waals surface area (Å²) < 4.78 is 0.967. The third-order valence-corrected chi connectivity index (χ3v) is 5.46. The minimum Gasteiger partial charge on any atom is -0.478 e. The molecule has 2 unspecified atom stereocenters. The van der Waals surface area contributed by atoms with E-state index in [-0.39, 0.29) is 0 Å². The van der Waals surface area contributed by atoms with Gasteiger partial charge in [0, 0.05) is 13.1 Å². The number of carboxylic acids is 1. The average Bonchev–Trinajstić information content (AvgIpc) is 2.90. The van der Waals surface area contributed by atoms with Gasteiger partial charge in [0.2, 0.25) is 0 Å². The molecule has 2 heterocycles. The van der Waals surface area contributed by atoms with Gasteiger partial charge in [0.05, 0.1) is 15.8 Å². The van der Waals surface area contributed by atoms with Crippen molar-refractivity contribution >= 4 is 32.7 Å². The Kier molecular flexibility index (Phi) is 2.33. The normalized spacial score (nSPS) is 25.4. The molecular formula is C14H14N2O2S. The standard InChI is InChI=1S/C14H14N2O2S/c17-13(18)8-3-4-11-12(5-8)19-14(15-11)16-6-9-1-2-10(9)7-16/h3-5,9-10H,1-2,6-7H2,(H,17,18). The zero-order valence-corrected chi connectivity index (χ0v) is 11.2. The second kappa shape index (κ2) is 3.93. The van der Waals surface area contributed by atoms with Crippen LogP contribution in [0.2, 0.25) is 0 Å². The van der Waals surface area contributed by atoms with E-state index in [0.29, 0.717) is 5.56 Å². The molecule has 2 fully saturated rings. The average molecular weight is 274 g/mol. The molecule has 2 aromatic rings. The van der Waals surface area contributed by atoms with Gasteiger partial charge in [0.15, 0.2) is 5.13 Å². The van der Waals surface area contributed by atoms with Crippen LogP contribution in [0.3, 0.4) is 0 Å². The summed E-state index contributed by atoms with van der Waals surface area (Å²) in [7, 11) is 0. The van der Waals surface area contributed by atoms with Gasteiger partial charge < -0.3 is 10.0 Å². The largest absolute Gasteiger partial charge is 0.478 e. The second-order valence-corrected chi connectivity index (χ2v) is 6.50. The van der Waals surface area contributed by atoms with Gasteiger partial charge in [-0.25, -0.2) is 9.78 Å². The molecule has 0 spiro atoms. The summed E-state index contributed by atoms with van der Waals surface area (Å²) >= 11 is 1.61. The lowest BCUT2D eigenvalue weighted by Gasteiger charge is -2.27. The van der Waals surface area contributed by atoms with E-state index in [1.807, 2.05) is 6.07 Å². The van der Waals surface area contributed by atoms with Crippen molar-refractivity contribution < 1.29 is 9.90 Å². The van der Waals surface area contributed by atoms with Gasteiger partial charge >= 0.3 is 5.97 Å². The fraction of sp³-hybridized carbons (Fsp3) is 0.429. The van der Waals surface area contributed by atoms with Crippen LogP contribution in [0.25, 0.3) is 10.2 Å². The molecule has 1 aliphatic carbocycles. The summed E-state index contributed by atoms with van der Waals surface area (Å²) in [5.74, 6) is 0.847. The summed E-state index contributed by atoms with van der Waals surface area (Å²) in [6.07, 6.45) is 2.71. The number of thiazole rings is 1. The summed E-state index contributed by atoms with van der Waals surface area (Å²) in [4.78, 5) is 18.0. The van der Waals surface area contributed by atoms with Crippen LogP contribution < -0.4 is 4.90 Å². The van der Waals surface area contributed by atoms with E-state index in [2.05, 4.69) is 9.88 Å². The molecule has 1 aromatic carbocycles. The highest BCUT2D eigenvalue weighted by Crippen LogP contribution is 2.43. The first-order chi connectivity index (χ1) is 9.20. The van der Waals surface area contributed by atoms with Crippen LogP contribution in [0.15, 0.2) is 18.2 Å². The lowest BCUT2D eigenvalue weighted by atomic mass is 9.77. The van der Waals surface area contributed by atoms with Crippen molar-refractivity contribution in [3.8, 4) is 0 Å². The Morgan fingerprint density at radius 3 is 2.68 bits per heavy atom. The number of benzene rings is 1. The molecule has 1 saturated carbocycles. The fourth-order valence-corrected chi connectivity index (χ4v) is 4.12. The Morgan fingerprint density at radius 1 is 1.32 bits per heavy atom. The smallest absolute Gasteiger partial charge is 0.335 e. The van der Waals surface area contributed by atoms with E-state index in [4.69, 9.17) is 5.11 Å². The number of hydrogen-bond acceptors (Lipinski definition) is 4. The lowest BCUT2D eigenvalue weighted by molar-refractivity contribution is 0.0697. The number of rotatable bonds is 2. The molecule has 19 heavy (non-hydrogen) atoms. The van der Waals surface area contributed by atoms with Crippen LogP contribution in [-0.2, 0) is 0 Å². The zero-order valence-electron chi connectivity index (χ0n) is 10.4. The van der Waals surface area contributed by atoms with Gasteiger partial charge in [-0.3, -0.25) is 0 Å². The maximum absolute atomic E-state index is 11.0. The molecule has 2 atom stereocenters. The molecule has 1 saturated heterocycles. The van der Waals surface area contributed by atoms with Crippen molar-refractivity contribution in [2.24, 2.45) is 11.8 Å². The first-order valence-electron chi connectivity index (χ1n) is 6.59. The zero-order chi connectivity index (χ0) is 13.0. The Hall–Kier alpha value is -1.62. The molecule has 4 nitrogen and oxygen atoms in total. The van der Waals surface area contributed by atoms with Crippen LogP contribution in [0.1, 0.15) is 23.2 Å².